The summed E-state index contributed by atoms with van der Waals surface area (Å²) >= 11 is 0. The number of aliphatic hydroxyl groups is 2. The first-order valence-electron chi connectivity index (χ1n) is 25.2. The fraction of sp³-hybridized carbons (Fsp3) is 0.356. The van der Waals surface area contributed by atoms with Gasteiger partial charge < -0.3 is 43.6 Å². The van der Waals surface area contributed by atoms with Crippen molar-refractivity contribution < 1.29 is 48.5 Å². The first-order chi connectivity index (χ1) is 35.6. The second kappa shape index (κ2) is 23.1. The van der Waals surface area contributed by atoms with Crippen LogP contribution in [0.25, 0.3) is 6.08 Å². The highest BCUT2D eigenvalue weighted by atomic mass is 16.7. The molecule has 5 aromatic carbocycles. The fourth-order valence-corrected chi connectivity index (χ4v) is 10.9. The predicted octanol–water partition coefficient (Wildman–Crippen LogP) is 11.3. The number of carbonyl (C=O) groups excluding carboxylic acids is 1. The van der Waals surface area contributed by atoms with Crippen LogP contribution in [-0.4, -0.2) is 70.1 Å². The van der Waals surface area contributed by atoms with Crippen molar-refractivity contribution in [2.24, 2.45) is 22.9 Å². The number of fused-ring (bicyclic) bond motifs is 3. The van der Waals surface area contributed by atoms with Crippen molar-refractivity contribution in [3.05, 3.63) is 183 Å². The van der Waals surface area contributed by atoms with Crippen LogP contribution in [0, 0.1) is 41.7 Å². The lowest BCUT2D eigenvalue weighted by Crippen LogP contribution is -2.70. The summed E-state index contributed by atoms with van der Waals surface area (Å²) in [4.78, 5) is 34.6. The highest BCUT2D eigenvalue weighted by Crippen LogP contribution is 2.62. The Balaban J connectivity index is 1.24. The van der Waals surface area contributed by atoms with Gasteiger partial charge in [0.05, 0.1) is 23.2 Å². The number of unbranched alkanes of at least 4 members (excludes halogenated alkanes) is 2. The first-order valence-corrected chi connectivity index (χ1v) is 25.2. The zero-order chi connectivity index (χ0) is 50.9. The monoisotopic (exact) mass is 989 g/mol. The number of aliphatic hydroxyl groups excluding tert-OH is 2. The summed E-state index contributed by atoms with van der Waals surface area (Å²) in [7, 11) is 0. The largest absolute Gasteiger partial charge is 0.459 e. The Kier molecular flexibility index (Phi) is 16.0. The molecule has 1 amide bonds. The summed E-state index contributed by atoms with van der Waals surface area (Å²) in [5.41, 5.74) is 6.96. The van der Waals surface area contributed by atoms with Gasteiger partial charge in [-0.15, -0.1) is 6.58 Å². The molecule has 14 nitrogen and oxygen atoms in total. The zero-order valence-corrected chi connectivity index (χ0v) is 41.4. The van der Waals surface area contributed by atoms with Crippen LogP contribution in [0.15, 0.2) is 145 Å². The Bertz CT molecular complexity index is 2860. The normalized spacial score (nSPS) is 21.9. The number of allylic oxidation sites excluding steroid dienone is 1. The average Bonchev–Trinajstić information content (AvgIpc) is 3.88. The van der Waals surface area contributed by atoms with Crippen LogP contribution in [0.5, 0.6) is 28.7 Å². The standard InChI is InChI=1S/C59H63N3O11/c1-4-30-70-59-55(61(36-43-19-25-53-54(32-43)69-38-68-53)56(65)27-20-41-17-21-45(22-18-41)62(66)67)35-51(60-71-37-42-12-6-5-7-13-42)49-33-44(14-8-10-28-63)48(15-9-11-29-64)57(58(49)59)50-34-47(24-26-52(50)73-59)72-46-23-16-39(2)40(3)31-46/h4-7,12-13,16-27,31-34,44,48,55,57-58,63-64H,1,8-11,14-15,28-30,35-38H2,2-3H3. The second-order valence-electron chi connectivity index (χ2n) is 19.2. The maximum atomic E-state index is 15.4. The number of oxime groups is 1. The molecular formula is C59H63N3O11. The van der Waals surface area contributed by atoms with Gasteiger partial charge in [-0.25, -0.2) is 0 Å². The fourth-order valence-electron chi connectivity index (χ4n) is 10.9. The van der Waals surface area contributed by atoms with Crippen LogP contribution in [0.2, 0.25) is 0 Å². The van der Waals surface area contributed by atoms with Crippen molar-refractivity contribution in [3.63, 3.8) is 0 Å². The molecule has 9 rings (SSSR count). The highest BCUT2D eigenvalue weighted by Gasteiger charge is 2.65. The molecule has 0 saturated heterocycles. The van der Waals surface area contributed by atoms with Crippen LogP contribution >= 0.6 is 0 Å². The van der Waals surface area contributed by atoms with E-state index < -0.39 is 22.7 Å². The van der Waals surface area contributed by atoms with E-state index in [9.17, 15) is 20.3 Å². The molecular weight excluding hydrogens is 927 g/mol. The molecule has 1 saturated carbocycles. The van der Waals surface area contributed by atoms with E-state index in [0.29, 0.717) is 52.9 Å². The number of hydrogen-bond acceptors (Lipinski definition) is 12. The molecule has 6 atom stereocenters. The molecule has 2 aliphatic carbocycles. The Labute approximate surface area is 426 Å². The van der Waals surface area contributed by atoms with Crippen molar-refractivity contribution in [1.82, 2.24) is 4.90 Å². The van der Waals surface area contributed by atoms with Crippen molar-refractivity contribution in [1.29, 1.82) is 0 Å². The van der Waals surface area contributed by atoms with Gasteiger partial charge in [0.25, 0.3) is 5.69 Å². The third-order valence-electron chi connectivity index (χ3n) is 14.6. The molecule has 2 aliphatic heterocycles. The lowest BCUT2D eigenvalue weighted by Gasteiger charge is -2.60. The molecule has 0 radical (unpaired) electrons. The Hall–Kier alpha value is -7.26. The van der Waals surface area contributed by atoms with Crippen LogP contribution < -0.4 is 18.9 Å². The van der Waals surface area contributed by atoms with Gasteiger partial charge >= 0.3 is 0 Å². The number of benzene rings is 5. The molecule has 5 aromatic rings. The molecule has 0 spiro atoms. The smallest absolute Gasteiger partial charge is 0.269 e. The summed E-state index contributed by atoms with van der Waals surface area (Å²) in [5, 5.41) is 36.7. The molecule has 73 heavy (non-hydrogen) atoms. The van der Waals surface area contributed by atoms with E-state index >= 15 is 4.79 Å². The van der Waals surface area contributed by atoms with E-state index in [1.807, 2.05) is 78.9 Å². The number of rotatable bonds is 22. The summed E-state index contributed by atoms with van der Waals surface area (Å²) in [6.45, 7) is 8.79. The Morgan fingerprint density at radius 3 is 2.36 bits per heavy atom. The van der Waals surface area contributed by atoms with Crippen molar-refractivity contribution in [2.75, 3.05) is 26.6 Å². The van der Waals surface area contributed by atoms with Gasteiger partial charge in [-0.05, 0) is 145 Å². The number of nitro groups is 1. The van der Waals surface area contributed by atoms with E-state index in [1.165, 1.54) is 18.2 Å². The predicted molar refractivity (Wildman–Crippen MR) is 277 cm³/mol. The van der Waals surface area contributed by atoms with Crippen molar-refractivity contribution in [3.8, 4) is 28.7 Å². The SMILES string of the molecule is C=CCOC12Oc3ccc(Oc4ccc(C)c(C)c4)cc3C3C(CCCCO)C(CCCCO)C=C(C(=NOCc4ccccc4)CC1N(Cc1ccc4c(c1)OCO4)C(=O)C=Cc1ccc([N+](=O)[O-])cc1)C32. The molecule has 6 unspecified atom stereocenters. The number of nitro benzene ring substituents is 1. The van der Waals surface area contributed by atoms with E-state index in [1.54, 1.807) is 29.2 Å². The maximum Gasteiger partial charge on any atom is 0.269 e. The lowest BCUT2D eigenvalue weighted by molar-refractivity contribution is -0.384. The summed E-state index contributed by atoms with van der Waals surface area (Å²) in [6, 6.07) is 32.5. The molecule has 2 heterocycles. The van der Waals surface area contributed by atoms with Gasteiger partial charge in [0.2, 0.25) is 18.5 Å². The quantitative estimate of drug-likeness (QED) is 0.0222. The number of hydrogen-bond donors (Lipinski definition) is 2. The third-order valence-corrected chi connectivity index (χ3v) is 14.6. The number of carbonyl (C=O) groups is 1. The topological polar surface area (TPSA) is 172 Å². The number of aryl methyl sites for hydroxylation is 2. The molecule has 4 aliphatic rings. The zero-order valence-electron chi connectivity index (χ0n) is 41.4. The van der Waals surface area contributed by atoms with Gasteiger partial charge in [0.15, 0.2) is 11.5 Å². The molecule has 380 valence electrons. The van der Waals surface area contributed by atoms with Gasteiger partial charge in [-0.3, -0.25) is 14.9 Å². The minimum atomic E-state index is -1.55. The minimum Gasteiger partial charge on any atom is -0.459 e. The number of amides is 1. The average molecular weight is 990 g/mol. The molecule has 14 heteroatoms. The van der Waals surface area contributed by atoms with Gasteiger partial charge in [-0.2, -0.15) is 0 Å². The Morgan fingerprint density at radius 1 is 0.863 bits per heavy atom. The molecule has 0 bridgehead atoms. The first kappa shape index (κ1) is 50.7. The summed E-state index contributed by atoms with van der Waals surface area (Å²) in [6.07, 6.45) is 11.6. The number of ether oxygens (including phenoxy) is 5. The number of nitrogens with zero attached hydrogens (tertiary/aromatic N) is 3. The minimum absolute atomic E-state index is 0.0146. The van der Waals surface area contributed by atoms with Gasteiger partial charge in [0.1, 0.15) is 29.9 Å². The Morgan fingerprint density at radius 2 is 1.60 bits per heavy atom. The van der Waals surface area contributed by atoms with Crippen LogP contribution in [0.1, 0.15) is 84.2 Å². The second-order valence-corrected chi connectivity index (χ2v) is 19.2. The van der Waals surface area contributed by atoms with Gasteiger partial charge in [0, 0.05) is 55.9 Å². The maximum absolute atomic E-state index is 15.4. The van der Waals surface area contributed by atoms with Gasteiger partial charge in [-0.1, -0.05) is 72.6 Å². The van der Waals surface area contributed by atoms with E-state index in [2.05, 4.69) is 32.6 Å². The highest BCUT2D eigenvalue weighted by molar-refractivity contribution is 6.03. The number of non-ortho nitro benzene ring substituents is 1. The third kappa shape index (κ3) is 11.2. The van der Waals surface area contributed by atoms with Crippen molar-refractivity contribution in [2.45, 2.75) is 89.7 Å². The van der Waals surface area contributed by atoms with Crippen LogP contribution in [0.4, 0.5) is 5.69 Å². The van der Waals surface area contributed by atoms with Crippen molar-refractivity contribution >= 4 is 23.4 Å². The van der Waals surface area contributed by atoms with Crippen LogP contribution in [0.3, 0.4) is 0 Å². The lowest BCUT2D eigenvalue weighted by atomic mass is 9.55. The van der Waals surface area contributed by atoms with E-state index in [0.717, 1.165) is 59.1 Å². The van der Waals surface area contributed by atoms with Crippen LogP contribution in [-0.2, 0) is 27.5 Å². The van der Waals surface area contributed by atoms with E-state index in [-0.39, 0.29) is 75.5 Å². The summed E-state index contributed by atoms with van der Waals surface area (Å²) in [5.74, 6) is 0.280. The molecule has 2 N–H and O–H groups in total. The van der Waals surface area contributed by atoms with E-state index in [4.69, 9.17) is 33.7 Å². The molecule has 0 aromatic heterocycles. The molecule has 1 fully saturated rings. The summed E-state index contributed by atoms with van der Waals surface area (Å²) < 4.78 is 32.9.